The average Bonchev–Trinajstić information content (AvgIpc) is 1.86. The number of aliphatic imine (C=N–C) groups is 1. The van der Waals surface area contributed by atoms with E-state index in [1.54, 1.807) is 27.7 Å². The van der Waals surface area contributed by atoms with E-state index in [0.717, 1.165) is 0 Å². The summed E-state index contributed by atoms with van der Waals surface area (Å²) in [4.78, 5) is 14.7. The standard InChI is InChI=1S/C8H13NO2S/c1-7(2,6(10)11)8(3,4)9-5-12/h1-4H3,(H,10,11). The SMILES string of the molecule is CC(C)(N=C=S)C(C)(C)C(=O)O. The van der Waals surface area contributed by atoms with Crippen molar-refractivity contribution in [1.29, 1.82) is 0 Å². The summed E-state index contributed by atoms with van der Waals surface area (Å²) >= 11 is 4.45. The van der Waals surface area contributed by atoms with Gasteiger partial charge in [-0.15, -0.1) is 0 Å². The van der Waals surface area contributed by atoms with Crippen LogP contribution in [-0.2, 0) is 4.79 Å². The van der Waals surface area contributed by atoms with Gasteiger partial charge in [0.2, 0.25) is 0 Å². The Morgan fingerprint density at radius 3 is 2.08 bits per heavy atom. The molecule has 0 spiro atoms. The molecule has 0 radical (unpaired) electrons. The molecule has 0 amide bonds. The first-order chi connectivity index (χ1) is 5.25. The van der Waals surface area contributed by atoms with E-state index in [1.807, 2.05) is 0 Å². The maximum Gasteiger partial charge on any atom is 0.311 e. The third kappa shape index (κ3) is 1.90. The molecule has 1 N–H and O–H groups in total. The molecule has 0 bridgehead atoms. The highest BCUT2D eigenvalue weighted by molar-refractivity contribution is 7.78. The Balaban J connectivity index is 5.00. The highest BCUT2D eigenvalue weighted by Gasteiger charge is 2.43. The zero-order chi connectivity index (χ0) is 9.99. The minimum Gasteiger partial charge on any atom is -0.481 e. The topological polar surface area (TPSA) is 49.7 Å². The van der Waals surface area contributed by atoms with Gasteiger partial charge < -0.3 is 5.11 Å². The van der Waals surface area contributed by atoms with Crippen molar-refractivity contribution in [3.8, 4) is 0 Å². The minimum absolute atomic E-state index is 0.722. The minimum atomic E-state index is -0.932. The first-order valence-electron chi connectivity index (χ1n) is 3.58. The first kappa shape index (κ1) is 11.3. The molecule has 0 aromatic rings. The second-order valence-corrected chi connectivity index (χ2v) is 3.87. The van der Waals surface area contributed by atoms with Gasteiger partial charge in [-0.2, -0.15) is 0 Å². The average molecular weight is 187 g/mol. The molecule has 0 saturated heterocycles. The molecule has 0 aliphatic rings. The van der Waals surface area contributed by atoms with E-state index in [-0.39, 0.29) is 0 Å². The van der Waals surface area contributed by atoms with Crippen LogP contribution in [0.4, 0.5) is 0 Å². The van der Waals surface area contributed by atoms with Gasteiger partial charge in [-0.25, -0.2) is 4.99 Å². The number of carboxylic acid groups (broad SMARTS) is 1. The van der Waals surface area contributed by atoms with Crippen molar-refractivity contribution in [3.63, 3.8) is 0 Å². The van der Waals surface area contributed by atoms with Gasteiger partial charge in [0.25, 0.3) is 0 Å². The van der Waals surface area contributed by atoms with Crippen LogP contribution >= 0.6 is 12.2 Å². The van der Waals surface area contributed by atoms with Crippen LogP contribution in [-0.4, -0.2) is 21.8 Å². The summed E-state index contributed by atoms with van der Waals surface area (Å²) in [7, 11) is 0. The molecule has 4 heteroatoms. The van der Waals surface area contributed by atoms with E-state index in [1.165, 1.54) is 0 Å². The summed E-state index contributed by atoms with van der Waals surface area (Å²) in [5.41, 5.74) is -1.65. The third-order valence-corrected chi connectivity index (χ3v) is 2.48. The predicted octanol–water partition coefficient (Wildman–Crippen LogP) is 1.98. The Bertz CT molecular complexity index is 227. The van der Waals surface area contributed by atoms with E-state index in [2.05, 4.69) is 22.4 Å². The Labute approximate surface area is 77.5 Å². The van der Waals surface area contributed by atoms with Gasteiger partial charge in [-0.1, -0.05) is 0 Å². The second-order valence-electron chi connectivity index (χ2n) is 3.69. The number of isothiocyanates is 1. The number of carbonyl (C=O) groups is 1. The van der Waals surface area contributed by atoms with Crippen LogP contribution in [0, 0.1) is 5.41 Å². The van der Waals surface area contributed by atoms with Gasteiger partial charge in [-0.3, -0.25) is 4.79 Å². The number of carboxylic acids is 1. The van der Waals surface area contributed by atoms with E-state index in [9.17, 15) is 4.79 Å². The molecule has 0 aliphatic carbocycles. The van der Waals surface area contributed by atoms with Gasteiger partial charge in [-0.05, 0) is 39.9 Å². The molecule has 0 atom stereocenters. The summed E-state index contributed by atoms with van der Waals surface area (Å²) in [6, 6.07) is 0. The highest BCUT2D eigenvalue weighted by Crippen LogP contribution is 2.33. The maximum absolute atomic E-state index is 10.8. The Kier molecular flexibility index (Phi) is 3.13. The van der Waals surface area contributed by atoms with Crippen LogP contribution in [0.3, 0.4) is 0 Å². The van der Waals surface area contributed by atoms with Crippen LogP contribution in [0.2, 0.25) is 0 Å². The lowest BCUT2D eigenvalue weighted by Gasteiger charge is -2.33. The smallest absolute Gasteiger partial charge is 0.311 e. The van der Waals surface area contributed by atoms with E-state index >= 15 is 0 Å². The molecule has 0 unspecified atom stereocenters. The summed E-state index contributed by atoms with van der Waals surface area (Å²) < 4.78 is 0. The van der Waals surface area contributed by atoms with E-state index in [4.69, 9.17) is 5.11 Å². The van der Waals surface area contributed by atoms with Crippen LogP contribution in [0.5, 0.6) is 0 Å². The summed E-state index contributed by atoms with van der Waals surface area (Å²) in [5, 5.41) is 11.1. The molecule has 12 heavy (non-hydrogen) atoms. The molecular weight excluding hydrogens is 174 g/mol. The predicted molar refractivity (Wildman–Crippen MR) is 50.5 cm³/mol. The number of aliphatic carboxylic acids is 1. The van der Waals surface area contributed by atoms with Gasteiger partial charge in [0, 0.05) is 0 Å². The summed E-state index contributed by atoms with van der Waals surface area (Å²) in [5.74, 6) is -0.887. The van der Waals surface area contributed by atoms with Crippen LogP contribution in [0.15, 0.2) is 4.99 Å². The Morgan fingerprint density at radius 1 is 1.42 bits per heavy atom. The van der Waals surface area contributed by atoms with Gasteiger partial charge >= 0.3 is 5.97 Å². The molecular formula is C8H13NO2S. The molecule has 0 aliphatic heterocycles. The molecule has 0 saturated carbocycles. The molecule has 0 aromatic heterocycles. The van der Waals surface area contributed by atoms with Crippen molar-refractivity contribution in [1.82, 2.24) is 0 Å². The molecule has 0 fully saturated rings. The van der Waals surface area contributed by atoms with E-state index in [0.29, 0.717) is 0 Å². The lowest BCUT2D eigenvalue weighted by molar-refractivity contribution is -0.150. The van der Waals surface area contributed by atoms with Crippen molar-refractivity contribution < 1.29 is 9.90 Å². The fourth-order valence-electron chi connectivity index (χ4n) is 0.516. The molecule has 0 heterocycles. The number of hydrogen-bond donors (Lipinski definition) is 1. The largest absolute Gasteiger partial charge is 0.481 e. The fraction of sp³-hybridized carbons (Fsp3) is 0.750. The van der Waals surface area contributed by atoms with Gasteiger partial charge in [0.1, 0.15) is 0 Å². The lowest BCUT2D eigenvalue weighted by atomic mass is 9.75. The number of rotatable bonds is 3. The zero-order valence-corrected chi connectivity index (χ0v) is 8.53. The normalized spacial score (nSPS) is 12.0. The molecule has 0 aromatic carbocycles. The Hall–Kier alpha value is -0.730. The van der Waals surface area contributed by atoms with Crippen molar-refractivity contribution in [2.75, 3.05) is 0 Å². The molecule has 68 valence electrons. The first-order valence-corrected chi connectivity index (χ1v) is 3.99. The van der Waals surface area contributed by atoms with Crippen molar-refractivity contribution in [3.05, 3.63) is 0 Å². The van der Waals surface area contributed by atoms with E-state index < -0.39 is 16.9 Å². The fourth-order valence-corrected chi connectivity index (χ4v) is 0.744. The van der Waals surface area contributed by atoms with Crippen molar-refractivity contribution in [2.24, 2.45) is 10.4 Å². The maximum atomic E-state index is 10.8. The zero-order valence-electron chi connectivity index (χ0n) is 7.71. The summed E-state index contributed by atoms with van der Waals surface area (Å²) in [6.45, 7) is 6.68. The number of hydrogen-bond acceptors (Lipinski definition) is 3. The van der Waals surface area contributed by atoms with Crippen molar-refractivity contribution in [2.45, 2.75) is 33.2 Å². The molecule has 0 rings (SSSR count). The van der Waals surface area contributed by atoms with Gasteiger partial charge in [0.15, 0.2) is 0 Å². The number of thiocarbonyl (C=S) groups is 1. The third-order valence-electron chi connectivity index (χ3n) is 2.39. The molecule has 3 nitrogen and oxygen atoms in total. The van der Waals surface area contributed by atoms with Crippen LogP contribution in [0.1, 0.15) is 27.7 Å². The quantitative estimate of drug-likeness (QED) is 0.543. The lowest BCUT2D eigenvalue weighted by Crippen LogP contribution is -2.43. The highest BCUT2D eigenvalue weighted by atomic mass is 32.1. The van der Waals surface area contributed by atoms with Gasteiger partial charge in [0.05, 0.1) is 16.1 Å². The second kappa shape index (κ2) is 3.33. The number of nitrogens with zero attached hydrogens (tertiary/aromatic N) is 1. The Morgan fingerprint density at radius 2 is 1.83 bits per heavy atom. The van der Waals surface area contributed by atoms with Crippen LogP contribution in [0.25, 0.3) is 0 Å². The monoisotopic (exact) mass is 187 g/mol. The summed E-state index contributed by atoms with van der Waals surface area (Å²) in [6.07, 6.45) is 0. The van der Waals surface area contributed by atoms with Crippen LogP contribution < -0.4 is 0 Å². The van der Waals surface area contributed by atoms with Crippen molar-refractivity contribution >= 4 is 23.3 Å².